The van der Waals surface area contributed by atoms with Gasteiger partial charge in [-0.2, -0.15) is 0 Å². The highest BCUT2D eigenvalue weighted by atomic mass is 35.5. The minimum absolute atomic E-state index is 0.356. The SMILES string of the molecule is CNCCC#Cc1c(Cl)ccnc1Cl. The first-order chi connectivity index (χ1) is 6.75. The van der Waals surface area contributed by atoms with Crippen molar-refractivity contribution >= 4 is 23.2 Å². The summed E-state index contributed by atoms with van der Waals surface area (Å²) in [4.78, 5) is 3.90. The fraction of sp³-hybridized carbons (Fsp3) is 0.300. The normalized spacial score (nSPS) is 9.36. The highest BCUT2D eigenvalue weighted by Gasteiger charge is 2.01. The molecular weight excluding hydrogens is 219 g/mol. The molecule has 74 valence electrons. The summed E-state index contributed by atoms with van der Waals surface area (Å²) in [5, 5.41) is 3.90. The van der Waals surface area contributed by atoms with Gasteiger partial charge < -0.3 is 5.32 Å². The van der Waals surface area contributed by atoms with E-state index in [0.717, 1.165) is 13.0 Å². The van der Waals surface area contributed by atoms with E-state index >= 15 is 0 Å². The van der Waals surface area contributed by atoms with Crippen LogP contribution in [0.4, 0.5) is 0 Å². The predicted molar refractivity (Wildman–Crippen MR) is 59.7 cm³/mol. The molecule has 0 atom stereocenters. The Hall–Kier alpha value is -0.750. The molecule has 0 amide bonds. The molecule has 0 saturated heterocycles. The van der Waals surface area contributed by atoms with Crippen LogP contribution in [0, 0.1) is 11.8 Å². The van der Waals surface area contributed by atoms with E-state index < -0.39 is 0 Å². The number of rotatable bonds is 2. The summed E-state index contributed by atoms with van der Waals surface area (Å²) >= 11 is 11.7. The molecule has 14 heavy (non-hydrogen) atoms. The standard InChI is InChI=1S/C10H10Cl2N2/c1-13-6-3-2-4-8-9(11)5-7-14-10(8)12/h5,7,13H,3,6H2,1H3. The van der Waals surface area contributed by atoms with Gasteiger partial charge in [-0.25, -0.2) is 4.98 Å². The van der Waals surface area contributed by atoms with E-state index in [4.69, 9.17) is 23.2 Å². The number of hydrogen-bond donors (Lipinski definition) is 1. The zero-order valence-corrected chi connectivity index (χ0v) is 9.28. The molecule has 2 nitrogen and oxygen atoms in total. The molecule has 1 aromatic rings. The van der Waals surface area contributed by atoms with E-state index in [1.54, 1.807) is 12.3 Å². The van der Waals surface area contributed by atoms with Crippen molar-refractivity contribution in [2.75, 3.05) is 13.6 Å². The lowest BCUT2D eigenvalue weighted by atomic mass is 10.3. The van der Waals surface area contributed by atoms with Crippen LogP contribution in [0.5, 0.6) is 0 Å². The molecule has 1 heterocycles. The van der Waals surface area contributed by atoms with Gasteiger partial charge in [0.2, 0.25) is 0 Å². The van der Waals surface area contributed by atoms with Crippen LogP contribution < -0.4 is 5.32 Å². The number of halogens is 2. The Morgan fingerprint density at radius 1 is 1.50 bits per heavy atom. The van der Waals surface area contributed by atoms with Crippen molar-refractivity contribution in [2.45, 2.75) is 6.42 Å². The van der Waals surface area contributed by atoms with Crippen LogP contribution in [-0.2, 0) is 0 Å². The molecule has 0 aromatic carbocycles. The van der Waals surface area contributed by atoms with Gasteiger partial charge in [-0.3, -0.25) is 0 Å². The average molecular weight is 229 g/mol. The number of aromatic nitrogens is 1. The molecule has 4 heteroatoms. The molecule has 0 unspecified atom stereocenters. The summed E-state index contributed by atoms with van der Waals surface area (Å²) in [6.45, 7) is 0.850. The summed E-state index contributed by atoms with van der Waals surface area (Å²) in [5.74, 6) is 5.86. The third kappa shape index (κ3) is 3.19. The molecule has 1 rings (SSSR count). The zero-order valence-electron chi connectivity index (χ0n) is 7.77. The highest BCUT2D eigenvalue weighted by Crippen LogP contribution is 2.20. The van der Waals surface area contributed by atoms with E-state index in [1.807, 2.05) is 7.05 Å². The lowest BCUT2D eigenvalue weighted by molar-refractivity contribution is 0.818. The van der Waals surface area contributed by atoms with Gasteiger partial charge in [0, 0.05) is 19.2 Å². The number of pyridine rings is 1. The summed E-state index contributed by atoms with van der Waals surface area (Å²) < 4.78 is 0. The smallest absolute Gasteiger partial charge is 0.146 e. The third-order valence-electron chi connectivity index (χ3n) is 1.57. The lowest BCUT2D eigenvalue weighted by Gasteiger charge is -1.96. The second kappa shape index (κ2) is 5.87. The molecule has 0 aliphatic carbocycles. The molecular formula is C10H10Cl2N2. The zero-order chi connectivity index (χ0) is 10.4. The van der Waals surface area contributed by atoms with Crippen LogP contribution in [0.25, 0.3) is 0 Å². The van der Waals surface area contributed by atoms with Gasteiger partial charge in [-0.05, 0) is 13.1 Å². The molecule has 1 aromatic heterocycles. The average Bonchev–Trinajstić information content (AvgIpc) is 2.16. The maximum absolute atomic E-state index is 5.90. The van der Waals surface area contributed by atoms with Crippen LogP contribution in [0.15, 0.2) is 12.3 Å². The summed E-state index contributed by atoms with van der Waals surface area (Å²) in [7, 11) is 1.88. The van der Waals surface area contributed by atoms with Gasteiger partial charge >= 0.3 is 0 Å². The maximum Gasteiger partial charge on any atom is 0.146 e. The first kappa shape index (κ1) is 11.3. The Morgan fingerprint density at radius 2 is 2.29 bits per heavy atom. The van der Waals surface area contributed by atoms with Crippen LogP contribution in [0.3, 0.4) is 0 Å². The number of nitrogens with one attached hydrogen (secondary N) is 1. The van der Waals surface area contributed by atoms with Crippen LogP contribution in [0.2, 0.25) is 10.2 Å². The molecule has 0 spiro atoms. The van der Waals surface area contributed by atoms with Crippen molar-refractivity contribution in [1.29, 1.82) is 0 Å². The second-order valence-electron chi connectivity index (χ2n) is 2.61. The van der Waals surface area contributed by atoms with E-state index in [0.29, 0.717) is 15.7 Å². The minimum atomic E-state index is 0.356. The van der Waals surface area contributed by atoms with E-state index in [-0.39, 0.29) is 0 Å². The molecule has 0 bridgehead atoms. The van der Waals surface area contributed by atoms with Gasteiger partial charge in [0.15, 0.2) is 0 Å². The van der Waals surface area contributed by atoms with Crippen LogP contribution >= 0.6 is 23.2 Å². The molecule has 0 radical (unpaired) electrons. The van der Waals surface area contributed by atoms with Gasteiger partial charge in [0.1, 0.15) is 5.15 Å². The second-order valence-corrected chi connectivity index (χ2v) is 3.38. The van der Waals surface area contributed by atoms with Crippen molar-refractivity contribution in [2.24, 2.45) is 0 Å². The topological polar surface area (TPSA) is 24.9 Å². The van der Waals surface area contributed by atoms with Gasteiger partial charge in [-0.1, -0.05) is 35.0 Å². The minimum Gasteiger partial charge on any atom is -0.319 e. The van der Waals surface area contributed by atoms with Gasteiger partial charge in [0.05, 0.1) is 10.6 Å². The summed E-state index contributed by atoms with van der Waals surface area (Å²) in [5.41, 5.74) is 0.604. The Labute approximate surface area is 93.6 Å². The Morgan fingerprint density at radius 3 is 2.93 bits per heavy atom. The molecule has 0 saturated carbocycles. The first-order valence-electron chi connectivity index (χ1n) is 4.19. The molecule has 1 N–H and O–H groups in total. The Kier molecular flexibility index (Phi) is 4.75. The van der Waals surface area contributed by atoms with Crippen LogP contribution in [0.1, 0.15) is 12.0 Å². The largest absolute Gasteiger partial charge is 0.319 e. The molecule has 0 aliphatic heterocycles. The highest BCUT2D eigenvalue weighted by molar-refractivity contribution is 6.35. The Balaban J connectivity index is 2.78. The number of nitrogens with zero attached hydrogens (tertiary/aromatic N) is 1. The molecule has 0 aliphatic rings. The van der Waals surface area contributed by atoms with Crippen molar-refractivity contribution in [1.82, 2.24) is 10.3 Å². The van der Waals surface area contributed by atoms with Crippen molar-refractivity contribution < 1.29 is 0 Å². The quantitative estimate of drug-likeness (QED) is 0.478. The lowest BCUT2D eigenvalue weighted by Crippen LogP contribution is -2.05. The van der Waals surface area contributed by atoms with Crippen molar-refractivity contribution in [3.05, 3.63) is 28.0 Å². The molecule has 0 fully saturated rings. The van der Waals surface area contributed by atoms with E-state index in [2.05, 4.69) is 22.1 Å². The monoisotopic (exact) mass is 228 g/mol. The van der Waals surface area contributed by atoms with Crippen molar-refractivity contribution in [3.8, 4) is 11.8 Å². The fourth-order valence-corrected chi connectivity index (χ4v) is 1.31. The third-order valence-corrected chi connectivity index (χ3v) is 2.17. The van der Waals surface area contributed by atoms with Crippen molar-refractivity contribution in [3.63, 3.8) is 0 Å². The van der Waals surface area contributed by atoms with E-state index in [1.165, 1.54) is 0 Å². The fourth-order valence-electron chi connectivity index (χ4n) is 0.864. The van der Waals surface area contributed by atoms with Crippen LogP contribution in [-0.4, -0.2) is 18.6 Å². The summed E-state index contributed by atoms with van der Waals surface area (Å²) in [6, 6.07) is 1.68. The first-order valence-corrected chi connectivity index (χ1v) is 4.94. The predicted octanol–water partition coefficient (Wildman–Crippen LogP) is 2.35. The van der Waals surface area contributed by atoms with Gasteiger partial charge in [0.25, 0.3) is 0 Å². The number of hydrogen-bond acceptors (Lipinski definition) is 2. The maximum atomic E-state index is 5.90. The Bertz CT molecular complexity index is 346. The summed E-state index contributed by atoms with van der Waals surface area (Å²) in [6.07, 6.45) is 2.32. The van der Waals surface area contributed by atoms with E-state index in [9.17, 15) is 0 Å². The van der Waals surface area contributed by atoms with Gasteiger partial charge in [-0.15, -0.1) is 0 Å².